The highest BCUT2D eigenvalue weighted by molar-refractivity contribution is 6.08. The van der Waals surface area contributed by atoms with Crippen molar-refractivity contribution < 1.29 is 23.9 Å². The van der Waals surface area contributed by atoms with Crippen LogP contribution in [0.25, 0.3) is 0 Å². The Labute approximate surface area is 127 Å². The number of hydrogen-bond acceptors (Lipinski definition) is 5. The molecule has 8 heteroatoms. The third-order valence-corrected chi connectivity index (χ3v) is 4.30. The predicted octanol–water partition coefficient (Wildman–Crippen LogP) is -0.327. The molecule has 3 fully saturated rings. The van der Waals surface area contributed by atoms with Crippen LogP contribution in [0.3, 0.4) is 0 Å². The summed E-state index contributed by atoms with van der Waals surface area (Å²) in [6, 6.07) is -0.370. The number of carbonyl (C=O) groups excluding carboxylic acids is 4. The number of amides is 4. The Bertz CT molecular complexity index is 523. The molecule has 4 amide bonds. The number of urea groups is 1. The first kappa shape index (κ1) is 14.8. The molecule has 0 radical (unpaired) electrons. The molecule has 0 atom stereocenters. The molecule has 2 N–H and O–H groups in total. The number of nitrogens with zero attached hydrogens (tertiary/aromatic N) is 1. The zero-order valence-corrected chi connectivity index (χ0v) is 12.2. The SMILES string of the molecule is O=C(COC(=O)CN1C(=O)NC2(CCCC2)C1=O)NC1CC1. The van der Waals surface area contributed by atoms with Crippen molar-refractivity contribution in [2.45, 2.75) is 50.1 Å². The van der Waals surface area contributed by atoms with Gasteiger partial charge in [-0.3, -0.25) is 19.3 Å². The van der Waals surface area contributed by atoms with E-state index in [0.29, 0.717) is 12.8 Å². The summed E-state index contributed by atoms with van der Waals surface area (Å²) in [5.74, 6) is -1.49. The van der Waals surface area contributed by atoms with E-state index in [1.807, 2.05) is 0 Å². The molecule has 1 heterocycles. The highest BCUT2D eigenvalue weighted by Crippen LogP contribution is 2.34. The molecule has 8 nitrogen and oxygen atoms in total. The fourth-order valence-electron chi connectivity index (χ4n) is 2.96. The Balaban J connectivity index is 1.49. The number of carbonyl (C=O) groups is 4. The van der Waals surface area contributed by atoms with Gasteiger partial charge in [-0.25, -0.2) is 4.79 Å². The van der Waals surface area contributed by atoms with Crippen LogP contribution in [0.4, 0.5) is 4.79 Å². The van der Waals surface area contributed by atoms with Crippen LogP contribution in [0.1, 0.15) is 38.5 Å². The second kappa shape index (κ2) is 5.58. The van der Waals surface area contributed by atoms with Gasteiger partial charge < -0.3 is 15.4 Å². The van der Waals surface area contributed by atoms with Gasteiger partial charge in [0.1, 0.15) is 12.1 Å². The van der Waals surface area contributed by atoms with Gasteiger partial charge in [0.15, 0.2) is 6.61 Å². The molecule has 0 aromatic rings. The van der Waals surface area contributed by atoms with E-state index in [1.165, 1.54) is 0 Å². The third-order valence-electron chi connectivity index (χ3n) is 4.30. The molecule has 120 valence electrons. The van der Waals surface area contributed by atoms with Gasteiger partial charge in [-0.15, -0.1) is 0 Å². The van der Waals surface area contributed by atoms with Crippen LogP contribution in [0, 0.1) is 0 Å². The van der Waals surface area contributed by atoms with Crippen molar-refractivity contribution in [1.29, 1.82) is 0 Å². The minimum absolute atomic E-state index is 0.194. The Hall–Kier alpha value is -2.12. The maximum atomic E-state index is 12.3. The van der Waals surface area contributed by atoms with Gasteiger partial charge >= 0.3 is 12.0 Å². The minimum atomic E-state index is -0.833. The van der Waals surface area contributed by atoms with Crippen molar-refractivity contribution in [3.05, 3.63) is 0 Å². The average molecular weight is 309 g/mol. The van der Waals surface area contributed by atoms with Crippen molar-refractivity contribution in [2.24, 2.45) is 0 Å². The second-order valence-corrected chi connectivity index (χ2v) is 6.11. The van der Waals surface area contributed by atoms with E-state index < -0.39 is 24.1 Å². The molecular weight excluding hydrogens is 290 g/mol. The summed E-state index contributed by atoms with van der Waals surface area (Å²) in [7, 11) is 0. The molecule has 1 spiro atoms. The predicted molar refractivity (Wildman–Crippen MR) is 73.6 cm³/mol. The maximum Gasteiger partial charge on any atom is 0.326 e. The molecule has 1 aliphatic heterocycles. The van der Waals surface area contributed by atoms with E-state index in [9.17, 15) is 19.2 Å². The highest BCUT2D eigenvalue weighted by atomic mass is 16.5. The Kier molecular flexibility index (Phi) is 3.76. The van der Waals surface area contributed by atoms with Crippen LogP contribution >= 0.6 is 0 Å². The van der Waals surface area contributed by atoms with E-state index in [1.54, 1.807) is 0 Å². The summed E-state index contributed by atoms with van der Waals surface area (Å²) in [5, 5.41) is 5.37. The Morgan fingerprint density at radius 2 is 1.95 bits per heavy atom. The fraction of sp³-hybridized carbons (Fsp3) is 0.714. The first-order valence-corrected chi connectivity index (χ1v) is 7.59. The van der Waals surface area contributed by atoms with Crippen LogP contribution in [0.2, 0.25) is 0 Å². The van der Waals surface area contributed by atoms with Gasteiger partial charge in [0, 0.05) is 6.04 Å². The summed E-state index contributed by atoms with van der Waals surface area (Å²) in [6.45, 7) is -0.840. The summed E-state index contributed by atoms with van der Waals surface area (Å²) in [5.41, 5.74) is -0.833. The number of ether oxygens (including phenoxy) is 1. The number of nitrogens with one attached hydrogen (secondary N) is 2. The molecule has 2 aliphatic carbocycles. The highest BCUT2D eigenvalue weighted by Gasteiger charge is 2.52. The minimum Gasteiger partial charge on any atom is -0.454 e. The molecule has 3 rings (SSSR count). The molecule has 22 heavy (non-hydrogen) atoms. The van der Waals surface area contributed by atoms with Gasteiger partial charge in [-0.2, -0.15) is 0 Å². The molecule has 3 aliphatic rings. The quantitative estimate of drug-likeness (QED) is 0.534. The summed E-state index contributed by atoms with van der Waals surface area (Å²) >= 11 is 0. The lowest BCUT2D eigenvalue weighted by Gasteiger charge is -2.19. The van der Waals surface area contributed by atoms with Crippen molar-refractivity contribution >= 4 is 23.8 Å². The monoisotopic (exact) mass is 309 g/mol. The van der Waals surface area contributed by atoms with Gasteiger partial charge in [-0.05, 0) is 25.7 Å². The Morgan fingerprint density at radius 3 is 2.59 bits per heavy atom. The maximum absolute atomic E-state index is 12.3. The topological polar surface area (TPSA) is 105 Å². The molecule has 1 saturated heterocycles. The molecule has 2 saturated carbocycles. The zero-order valence-electron chi connectivity index (χ0n) is 12.2. The van der Waals surface area contributed by atoms with E-state index in [-0.39, 0.29) is 24.5 Å². The third kappa shape index (κ3) is 2.90. The van der Waals surface area contributed by atoms with Crippen molar-refractivity contribution in [3.8, 4) is 0 Å². The van der Waals surface area contributed by atoms with Crippen molar-refractivity contribution in [1.82, 2.24) is 15.5 Å². The lowest BCUT2D eigenvalue weighted by molar-refractivity contribution is -0.151. The molecule has 0 bridgehead atoms. The molecule has 0 aromatic carbocycles. The second-order valence-electron chi connectivity index (χ2n) is 6.11. The smallest absolute Gasteiger partial charge is 0.326 e. The fourth-order valence-corrected chi connectivity index (χ4v) is 2.96. The van der Waals surface area contributed by atoms with Crippen LogP contribution < -0.4 is 10.6 Å². The van der Waals surface area contributed by atoms with Gasteiger partial charge in [0.2, 0.25) is 0 Å². The number of esters is 1. The van der Waals surface area contributed by atoms with Crippen LogP contribution in [-0.4, -0.2) is 53.4 Å². The van der Waals surface area contributed by atoms with E-state index in [0.717, 1.165) is 30.6 Å². The molecular formula is C14H19N3O5. The van der Waals surface area contributed by atoms with E-state index >= 15 is 0 Å². The molecule has 0 aromatic heterocycles. The first-order valence-electron chi connectivity index (χ1n) is 7.59. The summed E-state index contributed by atoms with van der Waals surface area (Å²) in [4.78, 5) is 48.2. The number of rotatable bonds is 5. The first-order chi connectivity index (χ1) is 10.5. The largest absolute Gasteiger partial charge is 0.454 e. The van der Waals surface area contributed by atoms with Crippen LogP contribution in [0.5, 0.6) is 0 Å². The lowest BCUT2D eigenvalue weighted by atomic mass is 9.98. The van der Waals surface area contributed by atoms with Crippen molar-refractivity contribution in [2.75, 3.05) is 13.2 Å². The average Bonchev–Trinajstić information content (AvgIpc) is 3.11. The number of imide groups is 1. The Morgan fingerprint density at radius 1 is 1.27 bits per heavy atom. The summed E-state index contributed by atoms with van der Waals surface area (Å²) < 4.78 is 4.82. The lowest BCUT2D eigenvalue weighted by Crippen LogP contribution is -2.44. The zero-order chi connectivity index (χ0) is 15.7. The van der Waals surface area contributed by atoms with Crippen molar-refractivity contribution in [3.63, 3.8) is 0 Å². The molecule has 0 unspecified atom stereocenters. The van der Waals surface area contributed by atoms with Gasteiger partial charge in [-0.1, -0.05) is 12.8 Å². The number of hydrogen-bond donors (Lipinski definition) is 2. The van der Waals surface area contributed by atoms with E-state index in [2.05, 4.69) is 10.6 Å². The van der Waals surface area contributed by atoms with E-state index in [4.69, 9.17) is 4.74 Å². The van der Waals surface area contributed by atoms with Crippen LogP contribution in [-0.2, 0) is 19.1 Å². The van der Waals surface area contributed by atoms with Gasteiger partial charge in [0.05, 0.1) is 0 Å². The summed E-state index contributed by atoms with van der Waals surface area (Å²) in [6.07, 6.45) is 4.87. The van der Waals surface area contributed by atoms with Gasteiger partial charge in [0.25, 0.3) is 11.8 Å². The standard InChI is InChI=1S/C14H19N3O5/c18-10(15-9-3-4-9)8-22-11(19)7-17-12(20)14(16-13(17)21)5-1-2-6-14/h9H,1-8H2,(H,15,18)(H,16,21). The normalized spacial score (nSPS) is 22.8. The van der Waals surface area contributed by atoms with Crippen LogP contribution in [0.15, 0.2) is 0 Å².